The summed E-state index contributed by atoms with van der Waals surface area (Å²) in [7, 11) is 1.96. The molecule has 0 spiro atoms. The van der Waals surface area contributed by atoms with Crippen molar-refractivity contribution in [2.75, 3.05) is 6.54 Å². The average molecular weight is 164 g/mol. The number of hydrogen-bond donors (Lipinski definition) is 1. The smallest absolute Gasteiger partial charge is 0.105 e. The molecule has 1 aromatic rings. The summed E-state index contributed by atoms with van der Waals surface area (Å²) in [6.45, 7) is 3.03. The first-order valence-electron chi connectivity index (χ1n) is 3.80. The normalized spacial score (nSPS) is 9.75. The standard InChI is InChI=1S/C8H12N4/c1-7-11-6-8(12(7)2)5-10-4-3-9/h6,10H,4-5H2,1-2H3. The van der Waals surface area contributed by atoms with Gasteiger partial charge in [0.1, 0.15) is 5.82 Å². The van der Waals surface area contributed by atoms with Gasteiger partial charge < -0.3 is 4.57 Å². The van der Waals surface area contributed by atoms with E-state index >= 15 is 0 Å². The number of nitriles is 1. The highest BCUT2D eigenvalue weighted by molar-refractivity contribution is 5.03. The van der Waals surface area contributed by atoms with E-state index in [0.29, 0.717) is 13.1 Å². The van der Waals surface area contributed by atoms with Crippen LogP contribution in [-0.2, 0) is 13.6 Å². The molecule has 0 saturated heterocycles. The predicted octanol–water partition coefficient (Wildman–Crippen LogP) is 0.342. The van der Waals surface area contributed by atoms with Crippen molar-refractivity contribution in [2.45, 2.75) is 13.5 Å². The van der Waals surface area contributed by atoms with Crippen LogP contribution in [-0.4, -0.2) is 16.1 Å². The monoisotopic (exact) mass is 164 g/mol. The molecule has 12 heavy (non-hydrogen) atoms. The van der Waals surface area contributed by atoms with Crippen LogP contribution in [0.5, 0.6) is 0 Å². The lowest BCUT2D eigenvalue weighted by Crippen LogP contribution is -2.15. The zero-order chi connectivity index (χ0) is 8.97. The van der Waals surface area contributed by atoms with Gasteiger partial charge in [-0.3, -0.25) is 5.32 Å². The topological polar surface area (TPSA) is 53.6 Å². The quantitative estimate of drug-likeness (QED) is 0.517. The van der Waals surface area contributed by atoms with Crippen LogP contribution in [0.25, 0.3) is 0 Å². The van der Waals surface area contributed by atoms with Crippen molar-refractivity contribution >= 4 is 0 Å². The van der Waals surface area contributed by atoms with Crippen LogP contribution in [0.1, 0.15) is 11.5 Å². The van der Waals surface area contributed by atoms with Gasteiger partial charge in [-0.2, -0.15) is 5.26 Å². The van der Waals surface area contributed by atoms with Gasteiger partial charge in [-0.05, 0) is 6.92 Å². The second kappa shape index (κ2) is 3.88. The third-order valence-electron chi connectivity index (χ3n) is 1.83. The molecule has 4 heteroatoms. The largest absolute Gasteiger partial charge is 0.334 e. The number of rotatable bonds is 3. The van der Waals surface area contributed by atoms with Gasteiger partial charge in [0.05, 0.1) is 18.3 Å². The molecule has 0 aliphatic carbocycles. The summed E-state index contributed by atoms with van der Waals surface area (Å²) in [5, 5.41) is 11.3. The van der Waals surface area contributed by atoms with Gasteiger partial charge in [-0.15, -0.1) is 0 Å². The molecule has 4 nitrogen and oxygen atoms in total. The summed E-state index contributed by atoms with van der Waals surface area (Å²) in [6.07, 6.45) is 1.82. The highest BCUT2D eigenvalue weighted by Crippen LogP contribution is 2.00. The van der Waals surface area contributed by atoms with Gasteiger partial charge in [0.2, 0.25) is 0 Å². The lowest BCUT2D eigenvalue weighted by Gasteiger charge is -2.02. The van der Waals surface area contributed by atoms with Crippen molar-refractivity contribution in [1.82, 2.24) is 14.9 Å². The SMILES string of the molecule is Cc1ncc(CNCC#N)n1C. The molecule has 0 saturated carbocycles. The van der Waals surface area contributed by atoms with Crippen LogP contribution < -0.4 is 5.32 Å². The van der Waals surface area contributed by atoms with E-state index in [1.54, 1.807) is 0 Å². The maximum Gasteiger partial charge on any atom is 0.105 e. The molecular weight excluding hydrogens is 152 g/mol. The van der Waals surface area contributed by atoms with E-state index in [1.807, 2.05) is 30.8 Å². The molecule has 0 fully saturated rings. The lowest BCUT2D eigenvalue weighted by atomic mass is 10.4. The first kappa shape index (κ1) is 8.75. The minimum atomic E-state index is 0.379. The van der Waals surface area contributed by atoms with Crippen molar-refractivity contribution in [3.63, 3.8) is 0 Å². The lowest BCUT2D eigenvalue weighted by molar-refractivity contribution is 0.695. The highest BCUT2D eigenvalue weighted by atomic mass is 15.1. The number of aryl methyl sites for hydroxylation is 1. The Kier molecular flexibility index (Phi) is 2.83. The molecule has 0 aliphatic rings. The fourth-order valence-corrected chi connectivity index (χ4v) is 0.960. The molecule has 0 unspecified atom stereocenters. The maximum absolute atomic E-state index is 8.28. The molecule has 0 aromatic carbocycles. The second-order valence-electron chi connectivity index (χ2n) is 2.62. The summed E-state index contributed by atoms with van der Waals surface area (Å²) in [4.78, 5) is 4.13. The summed E-state index contributed by atoms with van der Waals surface area (Å²) in [5.41, 5.74) is 1.10. The van der Waals surface area contributed by atoms with Crippen LogP contribution in [0, 0.1) is 18.3 Å². The van der Waals surface area contributed by atoms with Crippen LogP contribution >= 0.6 is 0 Å². The Morgan fingerprint density at radius 2 is 2.50 bits per heavy atom. The summed E-state index contributed by atoms with van der Waals surface area (Å²) in [5.74, 6) is 0.990. The Balaban J connectivity index is 2.53. The van der Waals surface area contributed by atoms with Crippen molar-refractivity contribution in [3.05, 3.63) is 17.7 Å². The number of nitrogens with one attached hydrogen (secondary N) is 1. The van der Waals surface area contributed by atoms with Crippen molar-refractivity contribution in [1.29, 1.82) is 5.26 Å². The molecule has 0 aliphatic heterocycles. The third kappa shape index (κ3) is 1.83. The Hall–Kier alpha value is -1.34. The molecular formula is C8H12N4. The molecule has 1 aromatic heterocycles. The minimum Gasteiger partial charge on any atom is -0.334 e. The van der Waals surface area contributed by atoms with E-state index < -0.39 is 0 Å². The fourth-order valence-electron chi connectivity index (χ4n) is 0.960. The van der Waals surface area contributed by atoms with E-state index in [2.05, 4.69) is 10.3 Å². The fraction of sp³-hybridized carbons (Fsp3) is 0.500. The Bertz CT molecular complexity index is 294. The Morgan fingerprint density at radius 3 is 3.00 bits per heavy atom. The van der Waals surface area contributed by atoms with Gasteiger partial charge in [0, 0.05) is 19.8 Å². The molecule has 0 atom stereocenters. The molecule has 0 radical (unpaired) electrons. The first-order chi connectivity index (χ1) is 5.75. The molecule has 1 heterocycles. The predicted molar refractivity (Wildman–Crippen MR) is 45.3 cm³/mol. The van der Waals surface area contributed by atoms with Crippen LogP contribution in [0.4, 0.5) is 0 Å². The van der Waals surface area contributed by atoms with Crippen LogP contribution in [0.3, 0.4) is 0 Å². The van der Waals surface area contributed by atoms with Gasteiger partial charge in [0.15, 0.2) is 0 Å². The Labute approximate surface area is 71.8 Å². The summed E-state index contributed by atoms with van der Waals surface area (Å²) < 4.78 is 2.00. The van der Waals surface area contributed by atoms with Gasteiger partial charge in [-0.1, -0.05) is 0 Å². The van der Waals surface area contributed by atoms with E-state index in [1.165, 1.54) is 0 Å². The van der Waals surface area contributed by atoms with Gasteiger partial charge >= 0.3 is 0 Å². The van der Waals surface area contributed by atoms with E-state index in [0.717, 1.165) is 11.5 Å². The van der Waals surface area contributed by atoms with Gasteiger partial charge in [-0.25, -0.2) is 4.98 Å². The van der Waals surface area contributed by atoms with Crippen LogP contribution in [0.15, 0.2) is 6.20 Å². The van der Waals surface area contributed by atoms with Crippen molar-refractivity contribution < 1.29 is 0 Å². The second-order valence-corrected chi connectivity index (χ2v) is 2.62. The molecule has 0 amide bonds. The van der Waals surface area contributed by atoms with E-state index in [4.69, 9.17) is 5.26 Å². The van der Waals surface area contributed by atoms with Crippen molar-refractivity contribution in [2.24, 2.45) is 7.05 Å². The molecule has 64 valence electrons. The Morgan fingerprint density at radius 1 is 1.75 bits per heavy atom. The number of imidazole rings is 1. The summed E-state index contributed by atoms with van der Waals surface area (Å²) >= 11 is 0. The van der Waals surface area contributed by atoms with Crippen molar-refractivity contribution in [3.8, 4) is 6.07 Å². The summed E-state index contributed by atoms with van der Waals surface area (Å²) in [6, 6.07) is 2.02. The number of aromatic nitrogens is 2. The first-order valence-corrected chi connectivity index (χ1v) is 3.80. The average Bonchev–Trinajstić information content (AvgIpc) is 2.36. The zero-order valence-electron chi connectivity index (χ0n) is 7.33. The maximum atomic E-state index is 8.28. The number of hydrogen-bond acceptors (Lipinski definition) is 3. The number of nitrogens with zero attached hydrogens (tertiary/aromatic N) is 3. The molecule has 0 bridgehead atoms. The zero-order valence-corrected chi connectivity index (χ0v) is 7.33. The van der Waals surface area contributed by atoms with Gasteiger partial charge in [0.25, 0.3) is 0 Å². The van der Waals surface area contributed by atoms with Crippen LogP contribution in [0.2, 0.25) is 0 Å². The third-order valence-corrected chi connectivity index (χ3v) is 1.83. The molecule has 1 N–H and O–H groups in total. The van der Waals surface area contributed by atoms with E-state index in [-0.39, 0.29) is 0 Å². The molecule has 1 rings (SSSR count). The highest BCUT2D eigenvalue weighted by Gasteiger charge is 2.00. The minimum absolute atomic E-state index is 0.379. The van der Waals surface area contributed by atoms with E-state index in [9.17, 15) is 0 Å².